The van der Waals surface area contributed by atoms with Crippen molar-refractivity contribution in [2.24, 2.45) is 5.73 Å². The molecule has 1 aromatic rings. The number of anilines is 1. The molecule has 1 heterocycles. The third-order valence-corrected chi connectivity index (χ3v) is 2.72. The molecule has 1 unspecified atom stereocenters. The Bertz CT molecular complexity index is 392. The summed E-state index contributed by atoms with van der Waals surface area (Å²) in [5.41, 5.74) is 5.49. The van der Waals surface area contributed by atoms with Crippen molar-refractivity contribution in [1.29, 1.82) is 0 Å². The number of nitrogens with one attached hydrogen (secondary N) is 1. The minimum absolute atomic E-state index is 0.200. The smallest absolute Gasteiger partial charge is 0.320 e. The van der Waals surface area contributed by atoms with E-state index in [-0.39, 0.29) is 16.5 Å². The van der Waals surface area contributed by atoms with Gasteiger partial charge in [0.05, 0.1) is 6.04 Å². The molecule has 1 rings (SSSR count). The SMILES string of the molecule is CCCC(N)C(=O)Nc1nnc(C(F)(F)F)s1. The van der Waals surface area contributed by atoms with Crippen LogP contribution >= 0.6 is 11.3 Å². The van der Waals surface area contributed by atoms with Crippen molar-refractivity contribution in [3.8, 4) is 0 Å². The number of carbonyl (C=O) groups is 1. The highest BCUT2D eigenvalue weighted by Crippen LogP contribution is 2.32. The quantitative estimate of drug-likeness (QED) is 0.869. The zero-order valence-corrected chi connectivity index (χ0v) is 9.73. The van der Waals surface area contributed by atoms with Gasteiger partial charge in [-0.1, -0.05) is 24.7 Å². The van der Waals surface area contributed by atoms with Gasteiger partial charge >= 0.3 is 6.18 Å². The van der Waals surface area contributed by atoms with E-state index in [0.717, 1.165) is 0 Å². The first-order valence-corrected chi connectivity index (χ1v) is 5.63. The predicted octanol–water partition coefficient (Wildman–Crippen LogP) is 1.62. The highest BCUT2D eigenvalue weighted by atomic mass is 32.1. The summed E-state index contributed by atoms with van der Waals surface area (Å²) in [4.78, 5) is 11.4. The minimum Gasteiger partial charge on any atom is -0.320 e. The molecular formula is C8H11F3N4OS. The van der Waals surface area contributed by atoms with Crippen LogP contribution in [0, 0.1) is 0 Å². The molecule has 0 aromatic carbocycles. The summed E-state index contributed by atoms with van der Waals surface area (Å²) in [6.45, 7) is 1.85. The van der Waals surface area contributed by atoms with Crippen LogP contribution in [0.25, 0.3) is 0 Å². The molecule has 0 fully saturated rings. The minimum atomic E-state index is -4.55. The summed E-state index contributed by atoms with van der Waals surface area (Å²) in [5.74, 6) is -0.559. The van der Waals surface area contributed by atoms with Crippen LogP contribution in [0.3, 0.4) is 0 Å². The van der Waals surface area contributed by atoms with Crippen molar-refractivity contribution in [3.05, 3.63) is 5.01 Å². The number of nitrogens with zero attached hydrogens (tertiary/aromatic N) is 2. The summed E-state index contributed by atoms with van der Waals surface area (Å²) in [6, 6.07) is -0.752. The maximum Gasteiger partial charge on any atom is 0.445 e. The maximum absolute atomic E-state index is 12.2. The van der Waals surface area contributed by atoms with Gasteiger partial charge in [-0.25, -0.2) is 0 Å². The molecule has 96 valence electrons. The van der Waals surface area contributed by atoms with Crippen LogP contribution in [0.15, 0.2) is 0 Å². The molecule has 9 heteroatoms. The predicted molar refractivity (Wildman–Crippen MR) is 56.4 cm³/mol. The van der Waals surface area contributed by atoms with Crippen LogP contribution in [0.5, 0.6) is 0 Å². The van der Waals surface area contributed by atoms with E-state index in [1.807, 2.05) is 6.92 Å². The van der Waals surface area contributed by atoms with Crippen LogP contribution < -0.4 is 11.1 Å². The summed E-state index contributed by atoms with van der Waals surface area (Å²) in [6.07, 6.45) is -3.39. The Morgan fingerprint density at radius 2 is 2.18 bits per heavy atom. The molecule has 1 amide bonds. The number of aromatic nitrogens is 2. The van der Waals surface area contributed by atoms with Gasteiger partial charge < -0.3 is 5.73 Å². The van der Waals surface area contributed by atoms with Gasteiger partial charge in [0.2, 0.25) is 16.0 Å². The van der Waals surface area contributed by atoms with E-state index >= 15 is 0 Å². The lowest BCUT2D eigenvalue weighted by Gasteiger charge is -2.08. The average molecular weight is 268 g/mol. The van der Waals surface area contributed by atoms with Crippen molar-refractivity contribution in [3.63, 3.8) is 0 Å². The highest BCUT2D eigenvalue weighted by Gasteiger charge is 2.35. The van der Waals surface area contributed by atoms with E-state index in [0.29, 0.717) is 12.8 Å². The Morgan fingerprint density at radius 3 is 2.65 bits per heavy atom. The molecule has 1 aromatic heterocycles. The fourth-order valence-corrected chi connectivity index (χ4v) is 1.64. The van der Waals surface area contributed by atoms with Gasteiger partial charge in [0.1, 0.15) is 0 Å². The van der Waals surface area contributed by atoms with Crippen LogP contribution in [-0.4, -0.2) is 22.1 Å². The van der Waals surface area contributed by atoms with Gasteiger partial charge in [-0.05, 0) is 6.42 Å². The number of halogens is 3. The number of rotatable bonds is 4. The van der Waals surface area contributed by atoms with Crippen LogP contribution in [0.4, 0.5) is 18.3 Å². The Kier molecular flexibility index (Phi) is 4.40. The number of hydrogen-bond acceptors (Lipinski definition) is 5. The van der Waals surface area contributed by atoms with Crippen molar-refractivity contribution in [2.75, 3.05) is 5.32 Å². The Hall–Kier alpha value is -1.22. The molecule has 17 heavy (non-hydrogen) atoms. The third kappa shape index (κ3) is 3.93. The molecule has 0 spiro atoms. The van der Waals surface area contributed by atoms with Crippen LogP contribution in [-0.2, 0) is 11.0 Å². The topological polar surface area (TPSA) is 80.9 Å². The maximum atomic E-state index is 12.2. The molecule has 0 aliphatic carbocycles. The van der Waals surface area contributed by atoms with Crippen LogP contribution in [0.1, 0.15) is 24.8 Å². The first kappa shape index (κ1) is 13.8. The lowest BCUT2D eigenvalue weighted by atomic mass is 10.2. The molecule has 0 radical (unpaired) electrons. The van der Waals surface area contributed by atoms with Crippen molar-refractivity contribution in [1.82, 2.24) is 10.2 Å². The number of nitrogens with two attached hydrogens (primary N) is 1. The molecular weight excluding hydrogens is 257 g/mol. The molecule has 0 bridgehead atoms. The Labute approximate surface area is 99.2 Å². The summed E-state index contributed by atoms with van der Waals surface area (Å²) >= 11 is 0.269. The molecule has 0 aliphatic rings. The van der Waals surface area contributed by atoms with Crippen molar-refractivity contribution in [2.45, 2.75) is 32.0 Å². The van der Waals surface area contributed by atoms with Gasteiger partial charge in [-0.2, -0.15) is 13.2 Å². The second-order valence-electron chi connectivity index (χ2n) is 3.29. The molecule has 0 saturated carbocycles. The zero-order valence-electron chi connectivity index (χ0n) is 8.91. The van der Waals surface area contributed by atoms with Crippen molar-refractivity contribution < 1.29 is 18.0 Å². The van der Waals surface area contributed by atoms with E-state index in [1.54, 1.807) is 0 Å². The standard InChI is InChI=1S/C8H11F3N4OS/c1-2-3-4(12)5(16)13-7-15-14-6(17-7)8(9,10)11/h4H,2-3,12H2,1H3,(H,13,15,16). The fraction of sp³-hybridized carbons (Fsp3) is 0.625. The van der Waals surface area contributed by atoms with Gasteiger partial charge in [-0.3, -0.25) is 10.1 Å². The van der Waals surface area contributed by atoms with Gasteiger partial charge in [-0.15, -0.1) is 10.2 Å². The van der Waals surface area contributed by atoms with E-state index in [9.17, 15) is 18.0 Å². The second-order valence-corrected chi connectivity index (χ2v) is 4.27. The van der Waals surface area contributed by atoms with E-state index in [1.165, 1.54) is 0 Å². The Morgan fingerprint density at radius 1 is 1.53 bits per heavy atom. The molecule has 0 aliphatic heterocycles. The van der Waals surface area contributed by atoms with Crippen LogP contribution in [0.2, 0.25) is 0 Å². The third-order valence-electron chi connectivity index (χ3n) is 1.83. The van der Waals surface area contributed by atoms with E-state index in [2.05, 4.69) is 15.5 Å². The first-order valence-electron chi connectivity index (χ1n) is 4.81. The monoisotopic (exact) mass is 268 g/mol. The molecule has 3 N–H and O–H groups in total. The number of carbonyl (C=O) groups excluding carboxylic acids is 1. The average Bonchev–Trinajstić information content (AvgIpc) is 2.66. The number of hydrogen-bond donors (Lipinski definition) is 2. The van der Waals surface area contributed by atoms with E-state index in [4.69, 9.17) is 5.73 Å². The lowest BCUT2D eigenvalue weighted by molar-refractivity contribution is -0.138. The van der Waals surface area contributed by atoms with Gasteiger partial charge in [0.25, 0.3) is 0 Å². The fourth-order valence-electron chi connectivity index (χ4n) is 1.03. The largest absolute Gasteiger partial charge is 0.445 e. The molecule has 0 saturated heterocycles. The summed E-state index contributed by atoms with van der Waals surface area (Å²) in [5, 5.41) is 7.06. The molecule has 5 nitrogen and oxygen atoms in total. The normalized spacial score (nSPS) is 13.5. The summed E-state index contributed by atoms with van der Waals surface area (Å²) < 4.78 is 36.6. The van der Waals surface area contributed by atoms with E-state index < -0.39 is 23.1 Å². The zero-order chi connectivity index (χ0) is 13.1. The number of alkyl halides is 3. The van der Waals surface area contributed by atoms with Crippen molar-refractivity contribution >= 4 is 22.4 Å². The van der Waals surface area contributed by atoms with Gasteiger partial charge in [0, 0.05) is 0 Å². The second kappa shape index (κ2) is 5.41. The molecule has 1 atom stereocenters. The first-order chi connectivity index (χ1) is 7.84. The summed E-state index contributed by atoms with van der Waals surface area (Å²) in [7, 11) is 0. The van der Waals surface area contributed by atoms with Gasteiger partial charge in [0.15, 0.2) is 0 Å². The lowest BCUT2D eigenvalue weighted by Crippen LogP contribution is -2.35. The number of amides is 1. The Balaban J connectivity index is 2.64. The highest BCUT2D eigenvalue weighted by molar-refractivity contribution is 7.15.